The first-order valence-electron chi connectivity index (χ1n) is 12.3. The van der Waals surface area contributed by atoms with Gasteiger partial charge in [0.1, 0.15) is 0 Å². The average Bonchev–Trinajstić information content (AvgIpc) is 3.06. The van der Waals surface area contributed by atoms with Crippen molar-refractivity contribution in [2.45, 2.75) is 91.6 Å². The highest BCUT2D eigenvalue weighted by Crippen LogP contribution is 2.66. The van der Waals surface area contributed by atoms with Crippen LogP contribution < -0.4 is 0 Å². The van der Waals surface area contributed by atoms with E-state index in [1.165, 1.54) is 19.3 Å². The molecular formula is C26H41N2O2P. The molecule has 8 atom stereocenters. The largest absolute Gasteiger partial charge is 0.390 e. The Morgan fingerprint density at radius 3 is 2.68 bits per heavy atom. The van der Waals surface area contributed by atoms with Crippen molar-refractivity contribution >= 4 is 20.5 Å². The summed E-state index contributed by atoms with van der Waals surface area (Å²) in [7, 11) is 0.0793. The molecule has 4 nitrogen and oxygen atoms in total. The molecule has 0 aromatic heterocycles. The van der Waals surface area contributed by atoms with Gasteiger partial charge in [-0.2, -0.15) is 5.10 Å². The van der Waals surface area contributed by atoms with E-state index in [1.807, 2.05) is 37.8 Å². The predicted molar refractivity (Wildman–Crippen MR) is 130 cm³/mol. The van der Waals surface area contributed by atoms with Gasteiger partial charge < -0.3 is 5.11 Å². The second-order valence-electron chi connectivity index (χ2n) is 11.3. The first kappa shape index (κ1) is 23.2. The van der Waals surface area contributed by atoms with Gasteiger partial charge >= 0.3 is 0 Å². The van der Waals surface area contributed by atoms with Crippen LogP contribution in [0.4, 0.5) is 0 Å². The summed E-state index contributed by atoms with van der Waals surface area (Å²) in [5, 5.41) is 15.0. The summed E-state index contributed by atoms with van der Waals surface area (Å²) in [5.74, 6) is 2.00. The van der Waals surface area contributed by atoms with Crippen molar-refractivity contribution in [2.75, 3.05) is 0 Å². The third-order valence-electron chi connectivity index (χ3n) is 9.38. The maximum atomic E-state index is 13.4. The zero-order valence-electron chi connectivity index (χ0n) is 20.0. The second-order valence-corrected chi connectivity index (χ2v) is 12.5. The quantitative estimate of drug-likeness (QED) is 0.235. The SMILES string of the molecule is C/C=C\N(/N=C\C)PC(=O)[C@H]1CCC2C3CC[C@@H]4C[C@](C)(O)CC[C@]4(C)C3=CC[C@@]21C. The monoisotopic (exact) mass is 444 g/mol. The van der Waals surface area contributed by atoms with Gasteiger partial charge in [-0.3, -0.25) is 4.79 Å². The van der Waals surface area contributed by atoms with Crippen LogP contribution in [0, 0.1) is 34.5 Å². The maximum Gasteiger partial charge on any atom is 0.177 e. The molecule has 3 fully saturated rings. The summed E-state index contributed by atoms with van der Waals surface area (Å²) >= 11 is 0. The molecule has 4 aliphatic carbocycles. The number of rotatable bonds is 5. The van der Waals surface area contributed by atoms with Crippen molar-refractivity contribution in [1.82, 2.24) is 4.78 Å². The van der Waals surface area contributed by atoms with Crippen LogP contribution >= 0.6 is 8.73 Å². The normalized spacial score (nSPS) is 45.0. The highest BCUT2D eigenvalue weighted by molar-refractivity contribution is 7.55. The molecule has 5 heteroatoms. The summed E-state index contributed by atoms with van der Waals surface area (Å²) in [4.78, 5) is 13.4. The van der Waals surface area contributed by atoms with E-state index in [2.05, 4.69) is 25.0 Å². The number of carbonyl (C=O) groups excluding carboxylic acids is 1. The summed E-state index contributed by atoms with van der Waals surface area (Å²) < 4.78 is 1.81. The Morgan fingerprint density at radius 1 is 1.19 bits per heavy atom. The fraction of sp³-hybridized carbons (Fsp3) is 0.769. The van der Waals surface area contributed by atoms with E-state index in [-0.39, 0.29) is 25.5 Å². The standard InChI is InChI=1S/C26H41N2O2P/c1-6-16-28(27-7-2)31-23(29)22-11-10-20-19-9-8-18-17-24(3,30)14-15-25(18,4)21(19)12-13-26(20,22)5/h6-7,12,16,18-20,22,30-31H,8-11,13-15,17H2,1-5H3/b16-6-,27-7-/t18-,19?,20?,22-,24-,25+,26+/m1/s1. The molecule has 4 rings (SSSR count). The topological polar surface area (TPSA) is 52.9 Å². The molecule has 172 valence electrons. The predicted octanol–water partition coefficient (Wildman–Crippen LogP) is 6.28. The highest BCUT2D eigenvalue weighted by atomic mass is 31.1. The van der Waals surface area contributed by atoms with Gasteiger partial charge in [-0.1, -0.05) is 31.6 Å². The van der Waals surface area contributed by atoms with Gasteiger partial charge in [0.25, 0.3) is 0 Å². The van der Waals surface area contributed by atoms with E-state index in [4.69, 9.17) is 0 Å². The summed E-state index contributed by atoms with van der Waals surface area (Å²) in [6.07, 6.45) is 16.8. The van der Waals surface area contributed by atoms with Crippen molar-refractivity contribution in [2.24, 2.45) is 39.6 Å². The lowest BCUT2D eigenvalue weighted by atomic mass is 9.48. The van der Waals surface area contributed by atoms with E-state index in [0.29, 0.717) is 23.3 Å². The Hall–Kier alpha value is -0.990. The Bertz CT molecular complexity index is 791. The van der Waals surface area contributed by atoms with Crippen molar-refractivity contribution in [3.8, 4) is 0 Å². The Labute approximate surface area is 190 Å². The zero-order valence-corrected chi connectivity index (χ0v) is 21.0. The maximum absolute atomic E-state index is 13.4. The van der Waals surface area contributed by atoms with E-state index >= 15 is 0 Å². The summed E-state index contributed by atoms with van der Waals surface area (Å²) in [5.41, 5.74) is 1.89. The average molecular weight is 445 g/mol. The van der Waals surface area contributed by atoms with Gasteiger partial charge in [-0.05, 0) is 101 Å². The van der Waals surface area contributed by atoms with Crippen molar-refractivity contribution in [3.05, 3.63) is 23.9 Å². The second kappa shape index (κ2) is 8.41. The number of nitrogens with zero attached hydrogens (tertiary/aromatic N) is 2. The van der Waals surface area contributed by atoms with Crippen LogP contribution in [-0.2, 0) is 4.79 Å². The van der Waals surface area contributed by atoms with Gasteiger partial charge in [-0.25, -0.2) is 4.78 Å². The molecule has 0 saturated heterocycles. The zero-order chi connectivity index (χ0) is 22.4. The van der Waals surface area contributed by atoms with Gasteiger partial charge in [0.15, 0.2) is 5.52 Å². The number of carbonyl (C=O) groups is 1. The minimum Gasteiger partial charge on any atom is -0.390 e. The van der Waals surface area contributed by atoms with Gasteiger partial charge in [0, 0.05) is 18.3 Å². The van der Waals surface area contributed by atoms with Crippen LogP contribution in [0.3, 0.4) is 0 Å². The number of aliphatic hydroxyl groups is 1. The Balaban J connectivity index is 1.56. The van der Waals surface area contributed by atoms with Crippen LogP contribution in [0.25, 0.3) is 0 Å². The molecule has 31 heavy (non-hydrogen) atoms. The number of hydrazone groups is 1. The van der Waals surface area contributed by atoms with Crippen LogP contribution in [0.15, 0.2) is 29.0 Å². The molecule has 0 spiro atoms. The number of hydrogen-bond donors (Lipinski definition) is 1. The third kappa shape index (κ3) is 3.97. The van der Waals surface area contributed by atoms with E-state index in [9.17, 15) is 9.90 Å². The molecule has 0 aromatic rings. The van der Waals surface area contributed by atoms with Crippen molar-refractivity contribution in [3.63, 3.8) is 0 Å². The summed E-state index contributed by atoms with van der Waals surface area (Å²) in [6, 6.07) is 0. The third-order valence-corrected chi connectivity index (χ3v) is 10.4. The van der Waals surface area contributed by atoms with Crippen molar-refractivity contribution in [1.29, 1.82) is 0 Å². The van der Waals surface area contributed by atoms with Crippen LogP contribution in [-0.4, -0.2) is 27.2 Å². The smallest absolute Gasteiger partial charge is 0.177 e. The lowest BCUT2D eigenvalue weighted by Gasteiger charge is -2.58. The van der Waals surface area contributed by atoms with Crippen molar-refractivity contribution < 1.29 is 9.90 Å². The van der Waals surface area contributed by atoms with Gasteiger partial charge in [-0.15, -0.1) is 0 Å². The molecule has 4 aliphatic rings. The molecule has 0 radical (unpaired) electrons. The number of allylic oxidation sites excluding steroid dienone is 3. The van der Waals surface area contributed by atoms with E-state index in [1.54, 1.807) is 11.8 Å². The lowest BCUT2D eigenvalue weighted by Crippen LogP contribution is -2.51. The summed E-state index contributed by atoms with van der Waals surface area (Å²) in [6.45, 7) is 10.8. The molecular weight excluding hydrogens is 403 g/mol. The molecule has 0 heterocycles. The number of hydrogen-bond acceptors (Lipinski definition) is 4. The molecule has 3 unspecified atom stereocenters. The Kier molecular flexibility index (Phi) is 6.29. The van der Waals surface area contributed by atoms with Gasteiger partial charge in [0.05, 0.1) is 14.3 Å². The molecule has 0 bridgehead atoms. The van der Waals surface area contributed by atoms with E-state index < -0.39 is 5.60 Å². The Morgan fingerprint density at radius 2 is 1.97 bits per heavy atom. The molecule has 0 amide bonds. The first-order chi connectivity index (χ1) is 14.6. The number of fused-ring (bicyclic) bond motifs is 5. The van der Waals surface area contributed by atoms with Crippen LogP contribution in [0.5, 0.6) is 0 Å². The molecule has 0 aromatic carbocycles. The molecule has 0 aliphatic heterocycles. The first-order valence-corrected chi connectivity index (χ1v) is 13.2. The van der Waals surface area contributed by atoms with Gasteiger partial charge in [0.2, 0.25) is 0 Å². The highest BCUT2D eigenvalue weighted by Gasteiger charge is 2.59. The van der Waals surface area contributed by atoms with Crippen LogP contribution in [0.2, 0.25) is 0 Å². The van der Waals surface area contributed by atoms with E-state index in [0.717, 1.165) is 32.1 Å². The minimum atomic E-state index is -0.494. The minimum absolute atomic E-state index is 0.0793. The fourth-order valence-corrected chi connectivity index (χ4v) is 8.95. The molecule has 1 N–H and O–H groups in total. The fourth-order valence-electron chi connectivity index (χ4n) is 7.69. The van der Waals surface area contributed by atoms with Crippen LogP contribution in [0.1, 0.15) is 86.0 Å². The lowest BCUT2D eigenvalue weighted by molar-refractivity contribution is -0.119. The molecule has 3 saturated carbocycles.